The average Bonchev–Trinajstić information content (AvgIpc) is 2.98. The maximum atomic E-state index is 11.6. The smallest absolute Gasteiger partial charge is 0.162 e. The molecule has 1 aliphatic rings. The summed E-state index contributed by atoms with van der Waals surface area (Å²) in [6.07, 6.45) is 5.51. The number of anilines is 1. The Kier molecular flexibility index (Phi) is 4.97. The van der Waals surface area contributed by atoms with E-state index in [9.17, 15) is 9.90 Å². The summed E-state index contributed by atoms with van der Waals surface area (Å²) in [5, 5.41) is 9.24. The number of Topliss-reactive ketones (excluding diaryl/α,β-unsaturated/α-hetero) is 1. The normalized spacial score (nSPS) is 15.7. The Hall–Kier alpha value is -1.35. The summed E-state index contributed by atoms with van der Waals surface area (Å²) in [6, 6.07) is 8.37. The van der Waals surface area contributed by atoms with E-state index in [1.165, 1.54) is 25.7 Å². The fourth-order valence-corrected chi connectivity index (χ4v) is 2.89. The number of rotatable bonds is 6. The van der Waals surface area contributed by atoms with Gasteiger partial charge in [0.2, 0.25) is 0 Å². The molecule has 1 fully saturated rings. The highest BCUT2D eigenvalue weighted by Crippen LogP contribution is 2.28. The molecule has 1 saturated carbocycles. The molecule has 1 aromatic carbocycles. The molecule has 1 aliphatic carbocycles. The minimum absolute atomic E-state index is 0.173. The Morgan fingerprint density at radius 3 is 2.42 bits per heavy atom. The van der Waals surface area contributed by atoms with Crippen molar-refractivity contribution < 1.29 is 9.90 Å². The number of hydrogen-bond donors (Lipinski definition) is 1. The van der Waals surface area contributed by atoms with E-state index in [4.69, 9.17) is 0 Å². The molecular weight excluding hydrogens is 238 g/mol. The molecule has 0 unspecified atom stereocenters. The van der Waals surface area contributed by atoms with Gasteiger partial charge in [-0.05, 0) is 37.1 Å². The zero-order valence-corrected chi connectivity index (χ0v) is 11.6. The van der Waals surface area contributed by atoms with E-state index in [-0.39, 0.29) is 12.4 Å². The third-order valence-electron chi connectivity index (χ3n) is 3.95. The van der Waals surface area contributed by atoms with Crippen molar-refractivity contribution in [1.82, 2.24) is 0 Å². The molecule has 2 rings (SSSR count). The van der Waals surface area contributed by atoms with Crippen molar-refractivity contribution in [3.05, 3.63) is 29.8 Å². The predicted molar refractivity (Wildman–Crippen MR) is 77.8 cm³/mol. The quantitative estimate of drug-likeness (QED) is 0.800. The van der Waals surface area contributed by atoms with E-state index in [1.807, 2.05) is 31.2 Å². The summed E-state index contributed by atoms with van der Waals surface area (Å²) in [5.41, 5.74) is 1.90. The molecule has 1 aromatic rings. The van der Waals surface area contributed by atoms with Crippen LogP contribution in [0.15, 0.2) is 24.3 Å². The van der Waals surface area contributed by atoms with Crippen LogP contribution in [-0.4, -0.2) is 30.1 Å². The lowest BCUT2D eigenvalue weighted by Gasteiger charge is -2.30. The molecule has 0 amide bonds. The lowest BCUT2D eigenvalue weighted by atomic mass is 10.1. The maximum Gasteiger partial charge on any atom is 0.162 e. The molecule has 0 spiro atoms. The van der Waals surface area contributed by atoms with Gasteiger partial charge < -0.3 is 10.0 Å². The first-order valence-electron chi connectivity index (χ1n) is 7.27. The second-order valence-corrected chi connectivity index (χ2v) is 5.18. The molecule has 1 N–H and O–H groups in total. The molecule has 0 aromatic heterocycles. The second-order valence-electron chi connectivity index (χ2n) is 5.18. The number of ketones is 1. The minimum Gasteiger partial charge on any atom is -0.395 e. The van der Waals surface area contributed by atoms with Gasteiger partial charge in [0.1, 0.15) is 0 Å². The molecule has 0 heterocycles. The number of aliphatic hydroxyl groups excluding tert-OH is 1. The first-order valence-corrected chi connectivity index (χ1v) is 7.27. The Bertz CT molecular complexity index is 407. The number of benzene rings is 1. The van der Waals surface area contributed by atoms with Gasteiger partial charge in [0.15, 0.2) is 5.78 Å². The molecule has 3 nitrogen and oxygen atoms in total. The summed E-state index contributed by atoms with van der Waals surface area (Å²) in [4.78, 5) is 13.9. The first-order chi connectivity index (χ1) is 9.26. The fraction of sp³-hybridized carbons (Fsp3) is 0.562. The van der Waals surface area contributed by atoms with Crippen molar-refractivity contribution in [3.63, 3.8) is 0 Å². The topological polar surface area (TPSA) is 40.5 Å². The number of carbonyl (C=O) groups excluding carboxylic acids is 1. The molecule has 19 heavy (non-hydrogen) atoms. The van der Waals surface area contributed by atoms with E-state index in [0.717, 1.165) is 11.3 Å². The SMILES string of the molecule is CCC(=O)c1ccc(N(CCO)C2CCCC2)cc1. The van der Waals surface area contributed by atoms with Crippen LogP contribution in [0.25, 0.3) is 0 Å². The van der Waals surface area contributed by atoms with Crippen molar-refractivity contribution in [1.29, 1.82) is 0 Å². The van der Waals surface area contributed by atoms with Crippen LogP contribution in [0.5, 0.6) is 0 Å². The van der Waals surface area contributed by atoms with E-state index in [2.05, 4.69) is 4.90 Å². The highest BCUT2D eigenvalue weighted by atomic mass is 16.3. The van der Waals surface area contributed by atoms with Crippen molar-refractivity contribution in [2.24, 2.45) is 0 Å². The molecule has 0 bridgehead atoms. The van der Waals surface area contributed by atoms with Crippen molar-refractivity contribution in [3.8, 4) is 0 Å². The van der Waals surface area contributed by atoms with Crippen molar-refractivity contribution >= 4 is 11.5 Å². The van der Waals surface area contributed by atoms with Gasteiger partial charge in [0.25, 0.3) is 0 Å². The lowest BCUT2D eigenvalue weighted by molar-refractivity contribution is 0.0988. The summed E-state index contributed by atoms with van der Waals surface area (Å²) in [7, 11) is 0. The first kappa shape index (κ1) is 14.1. The Labute approximate surface area is 115 Å². The van der Waals surface area contributed by atoms with Gasteiger partial charge in [-0.25, -0.2) is 0 Å². The minimum atomic E-state index is 0.173. The van der Waals surface area contributed by atoms with Crippen LogP contribution in [0.2, 0.25) is 0 Å². The van der Waals surface area contributed by atoms with Crippen LogP contribution in [0.1, 0.15) is 49.4 Å². The monoisotopic (exact) mass is 261 g/mol. The van der Waals surface area contributed by atoms with Gasteiger partial charge in [-0.15, -0.1) is 0 Å². The second kappa shape index (κ2) is 6.71. The van der Waals surface area contributed by atoms with E-state index >= 15 is 0 Å². The van der Waals surface area contributed by atoms with Crippen LogP contribution in [0, 0.1) is 0 Å². The molecule has 3 heteroatoms. The molecule has 104 valence electrons. The van der Waals surface area contributed by atoms with Gasteiger partial charge in [-0.3, -0.25) is 4.79 Å². The molecule has 0 atom stereocenters. The summed E-state index contributed by atoms with van der Waals surface area (Å²) in [5.74, 6) is 0.182. The van der Waals surface area contributed by atoms with E-state index in [1.54, 1.807) is 0 Å². The van der Waals surface area contributed by atoms with Gasteiger partial charge in [0.05, 0.1) is 6.61 Å². The lowest BCUT2D eigenvalue weighted by Crippen LogP contribution is -2.35. The van der Waals surface area contributed by atoms with Gasteiger partial charge >= 0.3 is 0 Å². The average molecular weight is 261 g/mol. The Balaban J connectivity index is 2.14. The standard InChI is InChI=1S/C16H23NO2/c1-2-16(19)13-7-9-15(10-8-13)17(11-12-18)14-5-3-4-6-14/h7-10,14,18H,2-6,11-12H2,1H3. The van der Waals surface area contributed by atoms with Crippen LogP contribution in [0.3, 0.4) is 0 Å². The van der Waals surface area contributed by atoms with Gasteiger partial charge in [-0.2, -0.15) is 0 Å². The highest BCUT2D eigenvalue weighted by molar-refractivity contribution is 5.96. The van der Waals surface area contributed by atoms with Crippen molar-refractivity contribution in [2.45, 2.75) is 45.1 Å². The van der Waals surface area contributed by atoms with E-state index in [0.29, 0.717) is 19.0 Å². The summed E-state index contributed by atoms with van der Waals surface area (Å²) in [6.45, 7) is 2.73. The number of carbonyl (C=O) groups is 1. The molecule has 0 radical (unpaired) electrons. The molecular formula is C16H23NO2. The maximum absolute atomic E-state index is 11.6. The van der Waals surface area contributed by atoms with Crippen molar-refractivity contribution in [2.75, 3.05) is 18.1 Å². The number of hydrogen-bond acceptors (Lipinski definition) is 3. The summed E-state index contributed by atoms with van der Waals surface area (Å²) >= 11 is 0. The number of aliphatic hydroxyl groups is 1. The van der Waals surface area contributed by atoms with Crippen LogP contribution >= 0.6 is 0 Å². The molecule has 0 aliphatic heterocycles. The van der Waals surface area contributed by atoms with Gasteiger partial charge in [-0.1, -0.05) is 19.8 Å². The zero-order chi connectivity index (χ0) is 13.7. The number of nitrogens with zero attached hydrogens (tertiary/aromatic N) is 1. The zero-order valence-electron chi connectivity index (χ0n) is 11.6. The Morgan fingerprint density at radius 2 is 1.89 bits per heavy atom. The van der Waals surface area contributed by atoms with Gasteiger partial charge in [0, 0.05) is 30.3 Å². The van der Waals surface area contributed by atoms with Crippen LogP contribution < -0.4 is 4.90 Å². The third kappa shape index (κ3) is 3.35. The van der Waals surface area contributed by atoms with Crippen LogP contribution in [0.4, 0.5) is 5.69 Å². The van der Waals surface area contributed by atoms with E-state index < -0.39 is 0 Å². The largest absolute Gasteiger partial charge is 0.395 e. The third-order valence-corrected chi connectivity index (χ3v) is 3.95. The fourth-order valence-electron chi connectivity index (χ4n) is 2.89. The van der Waals surface area contributed by atoms with Crippen LogP contribution in [-0.2, 0) is 0 Å². The highest BCUT2D eigenvalue weighted by Gasteiger charge is 2.22. The predicted octanol–water partition coefficient (Wildman–Crippen LogP) is 3.02. The molecule has 0 saturated heterocycles. The summed E-state index contributed by atoms with van der Waals surface area (Å²) < 4.78 is 0. The Morgan fingerprint density at radius 1 is 1.26 bits per heavy atom.